The minimum Gasteiger partial charge on any atom is -0.350 e. The fourth-order valence-corrected chi connectivity index (χ4v) is 2.02. The van der Waals surface area contributed by atoms with Crippen LogP contribution in [0.4, 0.5) is 8.78 Å². The van der Waals surface area contributed by atoms with E-state index in [0.29, 0.717) is 16.5 Å². The van der Waals surface area contributed by atoms with Crippen molar-refractivity contribution < 1.29 is 13.6 Å². The molecular formula is C14H17ClF2N4O2. The molecule has 1 heterocycles. The number of hydrogen-bond acceptors (Lipinski definition) is 4. The molecule has 0 fully saturated rings. The molecule has 23 heavy (non-hydrogen) atoms. The first kappa shape index (κ1) is 19.0. The van der Waals surface area contributed by atoms with Crippen LogP contribution < -0.4 is 16.6 Å². The maximum absolute atomic E-state index is 13.0. The van der Waals surface area contributed by atoms with Gasteiger partial charge in [-0.15, -0.1) is 12.4 Å². The van der Waals surface area contributed by atoms with E-state index in [0.717, 1.165) is 4.68 Å². The van der Waals surface area contributed by atoms with Gasteiger partial charge in [0, 0.05) is 12.4 Å². The minimum atomic E-state index is -3.14. The maximum Gasteiger partial charge on any atom is 0.277 e. The molecule has 0 saturated heterocycles. The van der Waals surface area contributed by atoms with Crippen LogP contribution in [0.15, 0.2) is 29.1 Å². The summed E-state index contributed by atoms with van der Waals surface area (Å²) in [4.78, 5) is 23.8. The normalized spacial score (nSPS) is 11.1. The van der Waals surface area contributed by atoms with Gasteiger partial charge in [-0.3, -0.25) is 9.59 Å². The summed E-state index contributed by atoms with van der Waals surface area (Å²) < 4.78 is 27.2. The van der Waals surface area contributed by atoms with Crippen LogP contribution in [0.25, 0.3) is 10.8 Å². The standard InChI is InChI=1S/C14H16F2N4O2.ClH/c1-20-13(22)10-5-3-2-4-9(10)11(19-20)6-12(21)18-8-14(15,16)7-17;/h2-5H,6-8,17H2,1H3,(H,18,21);1H. The van der Waals surface area contributed by atoms with Crippen molar-refractivity contribution in [3.05, 3.63) is 40.3 Å². The Hall–Kier alpha value is -2.06. The highest BCUT2D eigenvalue weighted by molar-refractivity contribution is 5.88. The molecule has 9 heteroatoms. The molecule has 126 valence electrons. The van der Waals surface area contributed by atoms with E-state index in [1.54, 1.807) is 24.3 Å². The Morgan fingerprint density at radius 2 is 1.96 bits per heavy atom. The number of carbonyl (C=O) groups is 1. The lowest BCUT2D eigenvalue weighted by Crippen LogP contribution is -2.42. The van der Waals surface area contributed by atoms with Crippen molar-refractivity contribution in [1.29, 1.82) is 0 Å². The zero-order valence-electron chi connectivity index (χ0n) is 12.4. The summed E-state index contributed by atoms with van der Waals surface area (Å²) in [6, 6.07) is 6.72. The Morgan fingerprint density at radius 3 is 2.57 bits per heavy atom. The van der Waals surface area contributed by atoms with E-state index in [9.17, 15) is 18.4 Å². The summed E-state index contributed by atoms with van der Waals surface area (Å²) in [5.41, 5.74) is 4.97. The van der Waals surface area contributed by atoms with Crippen LogP contribution in [0.3, 0.4) is 0 Å². The molecule has 0 unspecified atom stereocenters. The number of nitrogens with one attached hydrogen (secondary N) is 1. The van der Waals surface area contributed by atoms with Gasteiger partial charge in [-0.2, -0.15) is 5.10 Å². The van der Waals surface area contributed by atoms with Gasteiger partial charge in [0.1, 0.15) is 0 Å². The summed E-state index contributed by atoms with van der Waals surface area (Å²) >= 11 is 0. The molecule has 2 rings (SSSR count). The lowest BCUT2D eigenvalue weighted by atomic mass is 10.1. The van der Waals surface area contributed by atoms with Crippen LogP contribution >= 0.6 is 12.4 Å². The lowest BCUT2D eigenvalue weighted by molar-refractivity contribution is -0.122. The molecule has 0 saturated carbocycles. The Kier molecular flexibility index (Phi) is 6.17. The predicted molar refractivity (Wildman–Crippen MR) is 84.9 cm³/mol. The van der Waals surface area contributed by atoms with Crippen molar-refractivity contribution in [2.45, 2.75) is 12.3 Å². The molecule has 2 aromatic rings. The van der Waals surface area contributed by atoms with E-state index in [-0.39, 0.29) is 24.4 Å². The fraction of sp³-hybridized carbons (Fsp3) is 0.357. The summed E-state index contributed by atoms with van der Waals surface area (Å²) in [6.45, 7) is -1.67. The van der Waals surface area contributed by atoms with Crippen LogP contribution in [-0.2, 0) is 18.3 Å². The molecule has 3 N–H and O–H groups in total. The summed E-state index contributed by atoms with van der Waals surface area (Å²) in [7, 11) is 1.47. The molecule has 1 amide bonds. The van der Waals surface area contributed by atoms with Gasteiger partial charge in [-0.25, -0.2) is 13.5 Å². The first-order valence-corrected chi connectivity index (χ1v) is 6.63. The van der Waals surface area contributed by atoms with Crippen molar-refractivity contribution in [3.63, 3.8) is 0 Å². The number of amides is 1. The van der Waals surface area contributed by atoms with Gasteiger partial charge in [-0.1, -0.05) is 18.2 Å². The van der Waals surface area contributed by atoms with Crippen molar-refractivity contribution in [3.8, 4) is 0 Å². The highest BCUT2D eigenvalue weighted by Gasteiger charge is 2.27. The number of halogens is 3. The number of aromatic nitrogens is 2. The monoisotopic (exact) mass is 346 g/mol. The molecule has 1 aromatic carbocycles. The highest BCUT2D eigenvalue weighted by atomic mass is 35.5. The molecule has 0 aliphatic rings. The average Bonchev–Trinajstić information content (AvgIpc) is 2.50. The van der Waals surface area contributed by atoms with Crippen LogP contribution in [0.2, 0.25) is 0 Å². The quantitative estimate of drug-likeness (QED) is 0.830. The van der Waals surface area contributed by atoms with Gasteiger partial charge in [-0.05, 0) is 6.07 Å². The van der Waals surface area contributed by atoms with Crippen molar-refractivity contribution in [1.82, 2.24) is 15.1 Å². The fourth-order valence-electron chi connectivity index (χ4n) is 2.02. The Morgan fingerprint density at radius 1 is 1.35 bits per heavy atom. The van der Waals surface area contributed by atoms with Gasteiger partial charge in [0.15, 0.2) is 0 Å². The minimum absolute atomic E-state index is 0. The van der Waals surface area contributed by atoms with Crippen molar-refractivity contribution >= 4 is 29.1 Å². The van der Waals surface area contributed by atoms with Gasteiger partial charge >= 0.3 is 0 Å². The number of fused-ring (bicyclic) bond motifs is 1. The number of nitrogens with zero attached hydrogens (tertiary/aromatic N) is 2. The Labute approximate surface area is 137 Å². The zero-order chi connectivity index (χ0) is 16.3. The maximum atomic E-state index is 13.0. The number of carbonyl (C=O) groups excluding carboxylic acids is 1. The van der Waals surface area contributed by atoms with E-state index in [1.165, 1.54) is 7.05 Å². The first-order chi connectivity index (χ1) is 10.3. The predicted octanol–water partition coefficient (Wildman–Crippen LogP) is 0.608. The van der Waals surface area contributed by atoms with Crippen LogP contribution in [0.1, 0.15) is 5.69 Å². The smallest absolute Gasteiger partial charge is 0.277 e. The summed E-state index contributed by atoms with van der Waals surface area (Å²) in [6.07, 6.45) is -0.199. The number of alkyl halides is 2. The van der Waals surface area contributed by atoms with Crippen molar-refractivity contribution in [2.24, 2.45) is 12.8 Å². The molecule has 0 spiro atoms. The number of nitrogens with two attached hydrogens (primary N) is 1. The molecule has 1 aromatic heterocycles. The van der Waals surface area contributed by atoms with Gasteiger partial charge < -0.3 is 11.1 Å². The number of hydrogen-bond donors (Lipinski definition) is 2. The number of rotatable bonds is 5. The third-order valence-corrected chi connectivity index (χ3v) is 3.20. The largest absolute Gasteiger partial charge is 0.350 e. The number of benzene rings is 1. The van der Waals surface area contributed by atoms with Gasteiger partial charge in [0.05, 0.1) is 30.6 Å². The molecule has 0 aliphatic carbocycles. The van der Waals surface area contributed by atoms with Crippen LogP contribution in [0.5, 0.6) is 0 Å². The van der Waals surface area contributed by atoms with E-state index >= 15 is 0 Å². The Balaban J connectivity index is 0.00000264. The Bertz CT molecular complexity index is 764. The average molecular weight is 347 g/mol. The van der Waals surface area contributed by atoms with E-state index in [4.69, 9.17) is 5.73 Å². The summed E-state index contributed by atoms with van der Waals surface area (Å²) in [5, 5.41) is 7.12. The first-order valence-electron chi connectivity index (χ1n) is 6.63. The van der Waals surface area contributed by atoms with E-state index in [1.807, 2.05) is 0 Å². The molecule has 0 atom stereocenters. The molecule has 0 aliphatic heterocycles. The second kappa shape index (κ2) is 7.47. The second-order valence-corrected chi connectivity index (χ2v) is 4.93. The highest BCUT2D eigenvalue weighted by Crippen LogP contribution is 2.14. The second-order valence-electron chi connectivity index (χ2n) is 4.93. The third kappa shape index (κ3) is 4.46. The van der Waals surface area contributed by atoms with Crippen molar-refractivity contribution in [2.75, 3.05) is 13.1 Å². The third-order valence-electron chi connectivity index (χ3n) is 3.20. The molecule has 0 bridgehead atoms. The lowest BCUT2D eigenvalue weighted by Gasteiger charge is -2.14. The van der Waals surface area contributed by atoms with Crippen LogP contribution in [-0.4, -0.2) is 34.7 Å². The van der Waals surface area contributed by atoms with E-state index < -0.39 is 24.9 Å². The van der Waals surface area contributed by atoms with Gasteiger partial charge in [0.2, 0.25) is 5.91 Å². The topological polar surface area (TPSA) is 90.0 Å². The molecular weight excluding hydrogens is 330 g/mol. The SMILES string of the molecule is Cl.Cn1nc(CC(=O)NCC(F)(F)CN)c2ccccc2c1=O. The zero-order valence-corrected chi connectivity index (χ0v) is 13.2. The van der Waals surface area contributed by atoms with Crippen LogP contribution in [0, 0.1) is 0 Å². The number of aryl methyl sites for hydroxylation is 1. The molecule has 0 radical (unpaired) electrons. The van der Waals surface area contributed by atoms with Gasteiger partial charge in [0.25, 0.3) is 11.5 Å². The molecule has 6 nitrogen and oxygen atoms in total. The summed E-state index contributed by atoms with van der Waals surface area (Å²) in [5.74, 6) is -3.75. The van der Waals surface area contributed by atoms with E-state index in [2.05, 4.69) is 10.4 Å².